The highest BCUT2D eigenvalue weighted by Crippen LogP contribution is 2.05. The first kappa shape index (κ1) is 9.86. The average molecular weight is 194 g/mol. The van der Waals surface area contributed by atoms with Crippen LogP contribution in [0.3, 0.4) is 0 Å². The van der Waals surface area contributed by atoms with Crippen LogP contribution in [0.2, 0.25) is 0 Å². The van der Waals surface area contributed by atoms with Crippen LogP contribution in [-0.4, -0.2) is 9.99 Å². The van der Waals surface area contributed by atoms with E-state index in [1.54, 1.807) is 12.1 Å². The molecule has 0 spiro atoms. The molecule has 0 heterocycles. The van der Waals surface area contributed by atoms with Crippen molar-refractivity contribution in [1.29, 1.82) is 0 Å². The van der Waals surface area contributed by atoms with Crippen molar-refractivity contribution in [3.8, 4) is 0 Å². The Hall–Kier alpha value is -1.22. The molecule has 0 aromatic heterocycles. The summed E-state index contributed by atoms with van der Waals surface area (Å²) in [5, 5.41) is 1.40. The summed E-state index contributed by atoms with van der Waals surface area (Å²) in [6, 6.07) is 9.01. The Morgan fingerprint density at radius 3 is 2.46 bits per heavy atom. The maximum absolute atomic E-state index is 11.4. The van der Waals surface area contributed by atoms with Crippen LogP contribution < -0.4 is 0 Å². The molecule has 0 fully saturated rings. The van der Waals surface area contributed by atoms with Gasteiger partial charge in [-0.2, -0.15) is 0 Å². The highest BCUT2D eigenvalue weighted by Gasteiger charge is 1.96. The lowest BCUT2D eigenvalue weighted by molar-refractivity contribution is -0.112. The Balaban J connectivity index is 2.76. The monoisotopic (exact) mass is 194 g/mol. The van der Waals surface area contributed by atoms with Crippen LogP contribution in [0.5, 0.6) is 0 Å². The van der Waals surface area contributed by atoms with Gasteiger partial charge in [-0.1, -0.05) is 18.2 Å². The van der Waals surface area contributed by atoms with Gasteiger partial charge in [0.15, 0.2) is 5.78 Å². The molecule has 1 aromatic carbocycles. The molecule has 0 aliphatic carbocycles. The van der Waals surface area contributed by atoms with E-state index >= 15 is 0 Å². The van der Waals surface area contributed by atoms with E-state index in [4.69, 9.17) is 0 Å². The molecular formula is C10H10O2S. The summed E-state index contributed by atoms with van der Waals surface area (Å²) in [4.78, 5) is 11.3. The van der Waals surface area contributed by atoms with Gasteiger partial charge < -0.3 is 0 Å². The second-order valence-corrected chi connectivity index (χ2v) is 3.86. The van der Waals surface area contributed by atoms with Gasteiger partial charge in [-0.05, 0) is 25.1 Å². The SMILES string of the molecule is CC(=O)C=CS(=O)c1ccccc1. The van der Waals surface area contributed by atoms with Crippen LogP contribution in [-0.2, 0) is 15.6 Å². The van der Waals surface area contributed by atoms with Crippen LogP contribution in [0.1, 0.15) is 6.92 Å². The highest BCUT2D eigenvalue weighted by molar-refractivity contribution is 7.88. The molecule has 68 valence electrons. The molecule has 0 amide bonds. The van der Waals surface area contributed by atoms with Crippen LogP contribution in [0, 0.1) is 0 Å². The van der Waals surface area contributed by atoms with Crippen LogP contribution in [0.4, 0.5) is 0 Å². The molecule has 0 bridgehead atoms. The fraction of sp³-hybridized carbons (Fsp3) is 0.100. The van der Waals surface area contributed by atoms with E-state index in [0.717, 1.165) is 0 Å². The lowest BCUT2D eigenvalue weighted by Gasteiger charge is -1.93. The topological polar surface area (TPSA) is 34.1 Å². The molecule has 0 aliphatic rings. The zero-order chi connectivity index (χ0) is 9.68. The van der Waals surface area contributed by atoms with Crippen molar-refractivity contribution in [2.24, 2.45) is 0 Å². The van der Waals surface area contributed by atoms with Crippen LogP contribution in [0.15, 0.2) is 46.7 Å². The molecule has 0 aliphatic heterocycles. The maximum atomic E-state index is 11.4. The molecule has 3 heteroatoms. The molecule has 1 rings (SSSR count). The van der Waals surface area contributed by atoms with E-state index < -0.39 is 10.8 Å². The van der Waals surface area contributed by atoms with E-state index in [2.05, 4.69) is 0 Å². The molecule has 1 aromatic rings. The molecule has 0 saturated carbocycles. The van der Waals surface area contributed by atoms with Crippen molar-refractivity contribution in [1.82, 2.24) is 0 Å². The molecule has 1 atom stereocenters. The van der Waals surface area contributed by atoms with Crippen molar-refractivity contribution in [2.75, 3.05) is 0 Å². The molecule has 0 N–H and O–H groups in total. The number of allylic oxidation sites excluding steroid dienone is 1. The van der Waals surface area contributed by atoms with Crippen LogP contribution in [0.25, 0.3) is 0 Å². The Kier molecular flexibility index (Phi) is 3.58. The number of benzene rings is 1. The van der Waals surface area contributed by atoms with Gasteiger partial charge >= 0.3 is 0 Å². The molecule has 0 saturated heterocycles. The highest BCUT2D eigenvalue weighted by atomic mass is 32.2. The van der Waals surface area contributed by atoms with Gasteiger partial charge in [-0.15, -0.1) is 0 Å². The first-order valence-corrected chi connectivity index (χ1v) is 5.06. The quantitative estimate of drug-likeness (QED) is 0.689. The van der Waals surface area contributed by atoms with Gasteiger partial charge in [0.2, 0.25) is 0 Å². The third-order valence-corrected chi connectivity index (χ3v) is 2.52. The zero-order valence-corrected chi connectivity index (χ0v) is 8.08. The first-order valence-electron chi connectivity index (χ1n) is 3.84. The lowest BCUT2D eigenvalue weighted by Crippen LogP contribution is -1.87. The van der Waals surface area contributed by atoms with Gasteiger partial charge in [-0.25, -0.2) is 4.21 Å². The Bertz CT molecular complexity index is 341. The number of carbonyl (C=O) groups is 1. The van der Waals surface area contributed by atoms with Crippen molar-refractivity contribution < 1.29 is 9.00 Å². The first-order chi connectivity index (χ1) is 6.20. The largest absolute Gasteiger partial charge is 0.295 e. The smallest absolute Gasteiger partial charge is 0.153 e. The second-order valence-electron chi connectivity index (χ2n) is 2.52. The summed E-state index contributed by atoms with van der Waals surface area (Å²) in [6.45, 7) is 1.43. The number of rotatable bonds is 3. The fourth-order valence-electron chi connectivity index (χ4n) is 0.791. The van der Waals surface area contributed by atoms with Gasteiger partial charge in [0.1, 0.15) is 0 Å². The van der Waals surface area contributed by atoms with Crippen LogP contribution >= 0.6 is 0 Å². The number of hydrogen-bond acceptors (Lipinski definition) is 2. The minimum atomic E-state index is -1.21. The summed E-state index contributed by atoms with van der Waals surface area (Å²) in [5.41, 5.74) is 0. The molecule has 13 heavy (non-hydrogen) atoms. The predicted octanol–water partition coefficient (Wildman–Crippen LogP) is 1.90. The van der Waals surface area contributed by atoms with E-state index in [0.29, 0.717) is 4.90 Å². The summed E-state index contributed by atoms with van der Waals surface area (Å²) >= 11 is 0. The normalized spacial score (nSPS) is 13.0. The zero-order valence-electron chi connectivity index (χ0n) is 7.27. The average Bonchev–Trinajstić information content (AvgIpc) is 2.15. The van der Waals surface area contributed by atoms with Crippen molar-refractivity contribution in [3.63, 3.8) is 0 Å². The summed E-state index contributed by atoms with van der Waals surface area (Å²) in [7, 11) is -1.21. The Labute approximate surface area is 79.7 Å². The standard InChI is InChI=1S/C10H10O2S/c1-9(11)7-8-13(12)10-5-3-2-4-6-10/h2-8H,1H3. The minimum Gasteiger partial charge on any atom is -0.295 e. The van der Waals surface area contributed by atoms with Crippen molar-refractivity contribution >= 4 is 16.6 Å². The van der Waals surface area contributed by atoms with Gasteiger partial charge in [0.05, 0.1) is 10.8 Å². The summed E-state index contributed by atoms with van der Waals surface area (Å²) in [5.74, 6) is -0.0933. The maximum Gasteiger partial charge on any atom is 0.153 e. The van der Waals surface area contributed by atoms with E-state index in [1.165, 1.54) is 18.4 Å². The lowest BCUT2D eigenvalue weighted by atomic mass is 10.4. The fourth-order valence-corrected chi connectivity index (χ4v) is 1.69. The second kappa shape index (κ2) is 4.72. The van der Waals surface area contributed by atoms with E-state index in [1.807, 2.05) is 18.2 Å². The Morgan fingerprint density at radius 1 is 1.31 bits per heavy atom. The van der Waals surface area contributed by atoms with Crippen molar-refractivity contribution in [2.45, 2.75) is 11.8 Å². The predicted molar refractivity (Wildman–Crippen MR) is 52.7 cm³/mol. The molecule has 2 nitrogen and oxygen atoms in total. The van der Waals surface area contributed by atoms with Crippen molar-refractivity contribution in [3.05, 3.63) is 41.8 Å². The molecular weight excluding hydrogens is 184 g/mol. The Morgan fingerprint density at radius 2 is 1.92 bits per heavy atom. The van der Waals surface area contributed by atoms with Gasteiger partial charge in [0.25, 0.3) is 0 Å². The third-order valence-electron chi connectivity index (χ3n) is 1.40. The van der Waals surface area contributed by atoms with Gasteiger partial charge in [0, 0.05) is 10.3 Å². The number of carbonyl (C=O) groups excluding carboxylic acids is 1. The summed E-state index contributed by atoms with van der Waals surface area (Å²) < 4.78 is 11.4. The number of hydrogen-bond donors (Lipinski definition) is 0. The third kappa shape index (κ3) is 3.34. The molecule has 1 unspecified atom stereocenters. The summed E-state index contributed by atoms with van der Waals surface area (Å²) in [6.07, 6.45) is 1.32. The molecule has 0 radical (unpaired) electrons. The number of ketones is 1. The van der Waals surface area contributed by atoms with E-state index in [9.17, 15) is 9.00 Å². The van der Waals surface area contributed by atoms with E-state index in [-0.39, 0.29) is 5.78 Å². The minimum absolute atomic E-state index is 0.0933. The van der Waals surface area contributed by atoms with Gasteiger partial charge in [-0.3, -0.25) is 4.79 Å².